The molecule has 28 heavy (non-hydrogen) atoms. The predicted molar refractivity (Wildman–Crippen MR) is 103 cm³/mol. The van der Waals surface area contributed by atoms with Gasteiger partial charge < -0.3 is 9.84 Å². The lowest BCUT2D eigenvalue weighted by atomic mass is 10.0. The Morgan fingerprint density at radius 1 is 1.25 bits per heavy atom. The van der Waals surface area contributed by atoms with Crippen LogP contribution in [0.25, 0.3) is 0 Å². The fourth-order valence-electron chi connectivity index (χ4n) is 2.61. The van der Waals surface area contributed by atoms with Crippen LogP contribution in [0.3, 0.4) is 0 Å². The summed E-state index contributed by atoms with van der Waals surface area (Å²) in [5, 5.41) is 27.9. The first kappa shape index (κ1) is 20.8. The summed E-state index contributed by atoms with van der Waals surface area (Å²) < 4.78 is 5.91. The number of hydrogen-bond acceptors (Lipinski definition) is 7. The van der Waals surface area contributed by atoms with Crippen molar-refractivity contribution in [3.8, 4) is 11.9 Å². The van der Waals surface area contributed by atoms with Gasteiger partial charge in [0, 0.05) is 12.6 Å². The summed E-state index contributed by atoms with van der Waals surface area (Å²) in [5.41, 5.74) is 0.713. The topological polar surface area (TPSA) is 117 Å². The molecule has 0 bridgehead atoms. The Bertz CT molecular complexity index is 985. The summed E-state index contributed by atoms with van der Waals surface area (Å²) in [5.74, 6) is -0.774. The first-order valence-electron chi connectivity index (χ1n) is 8.98. The van der Waals surface area contributed by atoms with Crippen LogP contribution in [0.4, 0.5) is 11.4 Å². The molecule has 0 aliphatic rings. The molecule has 0 atom stereocenters. The number of carbonyl (C=O) groups excluding carboxylic acids is 1. The molecule has 0 saturated carbocycles. The van der Waals surface area contributed by atoms with Gasteiger partial charge in [-0.15, -0.1) is 5.11 Å². The van der Waals surface area contributed by atoms with Crippen molar-refractivity contribution in [3.05, 3.63) is 51.3 Å². The van der Waals surface area contributed by atoms with Crippen LogP contribution in [0.5, 0.6) is 5.88 Å². The quantitative estimate of drug-likeness (QED) is 0.576. The van der Waals surface area contributed by atoms with E-state index in [2.05, 4.69) is 10.2 Å². The van der Waals surface area contributed by atoms with E-state index in [-0.39, 0.29) is 23.7 Å². The van der Waals surface area contributed by atoms with E-state index in [0.717, 1.165) is 17.4 Å². The van der Waals surface area contributed by atoms with E-state index in [9.17, 15) is 20.0 Å². The van der Waals surface area contributed by atoms with Crippen molar-refractivity contribution in [1.82, 2.24) is 4.57 Å². The van der Waals surface area contributed by atoms with E-state index in [0.29, 0.717) is 23.2 Å². The minimum absolute atomic E-state index is 0.0413. The molecule has 0 amide bonds. The molecule has 8 nitrogen and oxygen atoms in total. The number of nitriles is 1. The van der Waals surface area contributed by atoms with Gasteiger partial charge in [-0.3, -0.25) is 9.36 Å². The molecule has 1 N–H and O–H groups in total. The van der Waals surface area contributed by atoms with Crippen LogP contribution in [0.2, 0.25) is 0 Å². The average molecular weight is 382 g/mol. The molecule has 146 valence electrons. The Balaban J connectivity index is 2.44. The largest absolute Gasteiger partial charge is 0.493 e. The van der Waals surface area contributed by atoms with Crippen molar-refractivity contribution >= 4 is 17.3 Å². The second-order valence-electron chi connectivity index (χ2n) is 6.07. The maximum absolute atomic E-state index is 12.3. The monoisotopic (exact) mass is 382 g/mol. The highest BCUT2D eigenvalue weighted by Gasteiger charge is 2.20. The number of azo groups is 1. The molecule has 0 saturated heterocycles. The number of carbonyl (C=O) groups is 1. The third-order valence-electron chi connectivity index (χ3n) is 4.17. The molecule has 1 heterocycles. The van der Waals surface area contributed by atoms with Gasteiger partial charge in [0.05, 0.1) is 17.9 Å². The van der Waals surface area contributed by atoms with E-state index >= 15 is 0 Å². The van der Waals surface area contributed by atoms with E-state index in [1.54, 1.807) is 31.2 Å². The number of ether oxygens (including phenoxy) is 1. The number of pyridine rings is 1. The number of hydrogen-bond donors (Lipinski definition) is 1. The van der Waals surface area contributed by atoms with Gasteiger partial charge in [0.1, 0.15) is 11.6 Å². The average Bonchev–Trinajstić information content (AvgIpc) is 2.70. The summed E-state index contributed by atoms with van der Waals surface area (Å²) in [6, 6.07) is 8.21. The highest BCUT2D eigenvalue weighted by atomic mass is 16.5. The van der Waals surface area contributed by atoms with Crippen LogP contribution in [-0.4, -0.2) is 22.2 Å². The smallest absolute Gasteiger partial charge is 0.338 e. The maximum Gasteiger partial charge on any atom is 0.338 e. The SMILES string of the molecule is CCCCc1c(/N=N/c2ccc(C(=O)OCC)cc2)c(O)n(C)c(=O)c1C#N. The fourth-order valence-corrected chi connectivity index (χ4v) is 2.61. The number of benzene rings is 1. The number of aromatic hydroxyl groups is 1. The van der Waals surface area contributed by atoms with Crippen molar-refractivity contribution in [1.29, 1.82) is 5.26 Å². The molecule has 0 aliphatic heterocycles. The molecule has 2 rings (SSSR count). The van der Waals surface area contributed by atoms with Crippen molar-refractivity contribution in [2.75, 3.05) is 6.61 Å². The standard InChI is InChI=1S/C20H22N4O4/c1-4-6-7-15-16(12-21)18(25)24(3)19(26)17(15)23-22-14-10-8-13(9-11-14)20(27)28-5-2/h8-11,26H,4-7H2,1-3H3/b23-22+. The number of unbranched alkanes of at least 4 members (excludes halogenated alkanes) is 1. The van der Waals surface area contributed by atoms with E-state index in [4.69, 9.17) is 4.74 Å². The number of esters is 1. The van der Waals surface area contributed by atoms with Gasteiger partial charge in [-0.05, 0) is 44.0 Å². The molecule has 1 aromatic carbocycles. The third-order valence-corrected chi connectivity index (χ3v) is 4.17. The predicted octanol–water partition coefficient (Wildman–Crippen LogP) is 3.90. The van der Waals surface area contributed by atoms with Crippen LogP contribution in [0.1, 0.15) is 48.2 Å². The summed E-state index contributed by atoms with van der Waals surface area (Å²) >= 11 is 0. The highest BCUT2D eigenvalue weighted by molar-refractivity contribution is 5.89. The van der Waals surface area contributed by atoms with Crippen LogP contribution in [0.15, 0.2) is 39.3 Å². The molecular weight excluding hydrogens is 360 g/mol. The Kier molecular flexibility index (Phi) is 7.04. The van der Waals surface area contributed by atoms with Gasteiger partial charge in [-0.1, -0.05) is 13.3 Å². The first-order chi connectivity index (χ1) is 13.4. The zero-order valence-corrected chi connectivity index (χ0v) is 16.1. The molecule has 8 heteroatoms. The lowest BCUT2D eigenvalue weighted by Gasteiger charge is -2.11. The van der Waals surface area contributed by atoms with Gasteiger partial charge in [-0.2, -0.15) is 10.4 Å². The number of nitrogens with zero attached hydrogens (tertiary/aromatic N) is 4. The highest BCUT2D eigenvalue weighted by Crippen LogP contribution is 2.33. The zero-order chi connectivity index (χ0) is 20.7. The minimum atomic E-state index is -0.566. The lowest BCUT2D eigenvalue weighted by molar-refractivity contribution is 0.0526. The van der Waals surface area contributed by atoms with Gasteiger partial charge in [0.2, 0.25) is 5.88 Å². The van der Waals surface area contributed by atoms with E-state index in [1.807, 2.05) is 13.0 Å². The molecular formula is C20H22N4O4. The summed E-state index contributed by atoms with van der Waals surface area (Å²) in [6.07, 6.45) is 2.02. The maximum atomic E-state index is 12.3. The number of rotatable bonds is 7. The summed E-state index contributed by atoms with van der Waals surface area (Å²) in [4.78, 5) is 23.9. The Morgan fingerprint density at radius 2 is 1.93 bits per heavy atom. The molecule has 0 spiro atoms. The normalized spacial score (nSPS) is 10.8. The first-order valence-corrected chi connectivity index (χ1v) is 8.98. The summed E-state index contributed by atoms with van der Waals surface area (Å²) in [6.45, 7) is 4.00. The van der Waals surface area contributed by atoms with Crippen molar-refractivity contribution in [2.24, 2.45) is 17.3 Å². The molecule has 0 fully saturated rings. The Hall–Kier alpha value is -3.47. The Labute approximate surface area is 162 Å². The van der Waals surface area contributed by atoms with Gasteiger partial charge >= 0.3 is 5.97 Å². The van der Waals surface area contributed by atoms with Crippen LogP contribution in [-0.2, 0) is 18.2 Å². The second-order valence-corrected chi connectivity index (χ2v) is 6.07. The zero-order valence-electron chi connectivity index (χ0n) is 16.1. The minimum Gasteiger partial charge on any atom is -0.493 e. The van der Waals surface area contributed by atoms with Gasteiger partial charge in [0.15, 0.2) is 5.69 Å². The lowest BCUT2D eigenvalue weighted by Crippen LogP contribution is -2.21. The van der Waals surface area contributed by atoms with E-state index < -0.39 is 11.5 Å². The molecule has 0 radical (unpaired) electrons. The van der Waals surface area contributed by atoms with Crippen LogP contribution < -0.4 is 5.56 Å². The number of aromatic nitrogens is 1. The molecule has 0 aliphatic carbocycles. The molecule has 0 unspecified atom stereocenters. The van der Waals surface area contributed by atoms with Gasteiger partial charge in [0.25, 0.3) is 5.56 Å². The van der Waals surface area contributed by atoms with Crippen LogP contribution >= 0.6 is 0 Å². The molecule has 1 aromatic heterocycles. The third kappa shape index (κ3) is 4.43. The second kappa shape index (κ2) is 9.46. The van der Waals surface area contributed by atoms with E-state index in [1.165, 1.54) is 7.05 Å². The molecule has 2 aromatic rings. The fraction of sp³-hybridized carbons (Fsp3) is 0.350. The Morgan fingerprint density at radius 3 is 2.50 bits per heavy atom. The van der Waals surface area contributed by atoms with Crippen LogP contribution in [0, 0.1) is 11.3 Å². The van der Waals surface area contributed by atoms with Crippen molar-refractivity contribution in [3.63, 3.8) is 0 Å². The van der Waals surface area contributed by atoms with Gasteiger partial charge in [-0.25, -0.2) is 4.79 Å². The van der Waals surface area contributed by atoms with Crippen molar-refractivity contribution < 1.29 is 14.6 Å². The van der Waals surface area contributed by atoms with Crippen molar-refractivity contribution in [2.45, 2.75) is 33.1 Å². The summed E-state index contributed by atoms with van der Waals surface area (Å²) in [7, 11) is 1.37.